The summed E-state index contributed by atoms with van der Waals surface area (Å²) in [6, 6.07) is 1.37. The summed E-state index contributed by atoms with van der Waals surface area (Å²) in [7, 11) is 0. The number of carboxylic acid groups (broad SMARTS) is 1. The lowest BCUT2D eigenvalue weighted by Gasteiger charge is -2.26. The molecule has 2 rings (SSSR count). The molecular formula is C13H19N3O3. The maximum Gasteiger partial charge on any atom is 0.337 e. The van der Waals surface area contributed by atoms with Gasteiger partial charge in [-0.05, 0) is 32.0 Å². The molecule has 0 aliphatic carbocycles. The van der Waals surface area contributed by atoms with Crippen molar-refractivity contribution in [2.24, 2.45) is 0 Å². The van der Waals surface area contributed by atoms with Crippen molar-refractivity contribution in [1.82, 2.24) is 9.88 Å². The van der Waals surface area contributed by atoms with Crippen molar-refractivity contribution in [2.45, 2.75) is 19.3 Å². The Hall–Kier alpha value is -1.82. The fourth-order valence-corrected chi connectivity index (χ4v) is 2.16. The Kier molecular flexibility index (Phi) is 4.57. The average molecular weight is 265 g/mol. The molecule has 1 saturated heterocycles. The molecule has 0 amide bonds. The molecule has 1 aliphatic rings. The minimum absolute atomic E-state index is 0.0703. The molecule has 0 bridgehead atoms. The topological polar surface area (TPSA) is 88.7 Å². The number of hydrogen-bond acceptors (Lipinski definition) is 5. The van der Waals surface area contributed by atoms with E-state index in [1.165, 1.54) is 31.5 Å². The van der Waals surface area contributed by atoms with Gasteiger partial charge in [-0.1, -0.05) is 6.42 Å². The van der Waals surface area contributed by atoms with Gasteiger partial charge in [0.1, 0.15) is 6.61 Å². The standard InChI is InChI=1S/C13H19N3O3/c14-11-8-10(13(17)18)9-15-12(11)19-7-6-16-4-2-1-3-5-16/h8-9H,1-7,14H2,(H,17,18). The van der Waals surface area contributed by atoms with E-state index in [0.717, 1.165) is 19.6 Å². The van der Waals surface area contributed by atoms with Gasteiger partial charge in [-0.25, -0.2) is 9.78 Å². The molecule has 2 heterocycles. The molecule has 3 N–H and O–H groups in total. The number of aromatic nitrogens is 1. The SMILES string of the molecule is Nc1cc(C(=O)O)cnc1OCCN1CCCCC1. The van der Waals surface area contributed by atoms with Crippen LogP contribution in [0.4, 0.5) is 5.69 Å². The van der Waals surface area contributed by atoms with Crippen LogP contribution in [0.5, 0.6) is 5.88 Å². The number of rotatable bonds is 5. The van der Waals surface area contributed by atoms with Gasteiger partial charge in [0.2, 0.25) is 5.88 Å². The Morgan fingerprint density at radius 2 is 2.16 bits per heavy atom. The number of pyridine rings is 1. The summed E-state index contributed by atoms with van der Waals surface area (Å²) in [6.45, 7) is 3.60. The molecule has 0 radical (unpaired) electrons. The fourth-order valence-electron chi connectivity index (χ4n) is 2.16. The Bertz CT molecular complexity index is 445. The van der Waals surface area contributed by atoms with Crippen LogP contribution in [0.1, 0.15) is 29.6 Å². The lowest BCUT2D eigenvalue weighted by molar-refractivity contribution is 0.0696. The van der Waals surface area contributed by atoms with Crippen molar-refractivity contribution in [2.75, 3.05) is 32.0 Å². The summed E-state index contributed by atoms with van der Waals surface area (Å²) < 4.78 is 5.50. The molecule has 1 fully saturated rings. The minimum atomic E-state index is -1.04. The second kappa shape index (κ2) is 6.38. The molecule has 6 heteroatoms. The molecule has 104 valence electrons. The van der Waals surface area contributed by atoms with Gasteiger partial charge in [0.25, 0.3) is 0 Å². The van der Waals surface area contributed by atoms with Crippen molar-refractivity contribution in [3.8, 4) is 5.88 Å². The van der Waals surface area contributed by atoms with Gasteiger partial charge in [-0.2, -0.15) is 0 Å². The number of aromatic carboxylic acids is 1. The second-order valence-electron chi connectivity index (χ2n) is 4.67. The monoisotopic (exact) mass is 265 g/mol. The quantitative estimate of drug-likeness (QED) is 0.832. The summed E-state index contributed by atoms with van der Waals surface area (Å²) in [5.41, 5.74) is 6.05. The Labute approximate surface area is 112 Å². The number of hydrogen-bond donors (Lipinski definition) is 2. The van der Waals surface area contributed by atoms with Crippen molar-refractivity contribution < 1.29 is 14.6 Å². The highest BCUT2D eigenvalue weighted by molar-refractivity contribution is 5.88. The van der Waals surface area contributed by atoms with Crippen molar-refractivity contribution >= 4 is 11.7 Å². The molecule has 19 heavy (non-hydrogen) atoms. The van der Waals surface area contributed by atoms with E-state index >= 15 is 0 Å². The molecule has 0 spiro atoms. The number of nitrogens with two attached hydrogens (primary N) is 1. The van der Waals surface area contributed by atoms with E-state index in [9.17, 15) is 4.79 Å². The largest absolute Gasteiger partial charge is 0.478 e. The van der Waals surface area contributed by atoms with Gasteiger partial charge in [0.05, 0.1) is 11.3 Å². The molecule has 1 aromatic heterocycles. The first-order valence-corrected chi connectivity index (χ1v) is 6.51. The van der Waals surface area contributed by atoms with Crippen molar-refractivity contribution in [3.05, 3.63) is 17.8 Å². The molecule has 1 aromatic rings. The number of anilines is 1. The molecular weight excluding hydrogens is 246 g/mol. The minimum Gasteiger partial charge on any atom is -0.478 e. The zero-order valence-corrected chi connectivity index (χ0v) is 10.8. The number of nitrogen functional groups attached to an aromatic ring is 1. The molecule has 0 unspecified atom stereocenters. The maximum atomic E-state index is 10.7. The van der Waals surface area contributed by atoms with Crippen LogP contribution in [-0.2, 0) is 0 Å². The predicted molar refractivity (Wildman–Crippen MR) is 71.4 cm³/mol. The van der Waals surface area contributed by atoms with E-state index in [0.29, 0.717) is 12.5 Å². The lowest BCUT2D eigenvalue weighted by Crippen LogP contribution is -2.33. The van der Waals surface area contributed by atoms with Crippen LogP contribution >= 0.6 is 0 Å². The van der Waals surface area contributed by atoms with Crippen LogP contribution in [-0.4, -0.2) is 47.2 Å². The molecule has 1 aliphatic heterocycles. The van der Waals surface area contributed by atoms with Gasteiger partial charge in [0.15, 0.2) is 0 Å². The number of piperidine rings is 1. The number of carbonyl (C=O) groups is 1. The maximum absolute atomic E-state index is 10.7. The highest BCUT2D eigenvalue weighted by Gasteiger charge is 2.11. The van der Waals surface area contributed by atoms with Crippen LogP contribution in [0.2, 0.25) is 0 Å². The highest BCUT2D eigenvalue weighted by Crippen LogP contribution is 2.19. The molecule has 6 nitrogen and oxygen atoms in total. The van der Waals surface area contributed by atoms with E-state index in [1.807, 2.05) is 0 Å². The van der Waals surface area contributed by atoms with Crippen molar-refractivity contribution in [1.29, 1.82) is 0 Å². The molecule has 0 saturated carbocycles. The number of nitrogens with zero attached hydrogens (tertiary/aromatic N) is 2. The molecule has 0 atom stereocenters. The Morgan fingerprint density at radius 3 is 2.79 bits per heavy atom. The summed E-state index contributed by atoms with van der Waals surface area (Å²) >= 11 is 0. The van der Waals surface area contributed by atoms with E-state index in [4.69, 9.17) is 15.6 Å². The molecule has 0 aromatic carbocycles. The summed E-state index contributed by atoms with van der Waals surface area (Å²) in [5.74, 6) is -0.735. The predicted octanol–water partition coefficient (Wildman–Crippen LogP) is 1.23. The van der Waals surface area contributed by atoms with E-state index in [2.05, 4.69) is 9.88 Å². The van der Waals surface area contributed by atoms with Crippen molar-refractivity contribution in [3.63, 3.8) is 0 Å². The van der Waals surface area contributed by atoms with Crippen LogP contribution in [0.25, 0.3) is 0 Å². The van der Waals surface area contributed by atoms with Crippen LogP contribution in [0, 0.1) is 0 Å². The van der Waals surface area contributed by atoms with Gasteiger partial charge in [-0.3, -0.25) is 4.90 Å². The number of carboxylic acids is 1. The summed E-state index contributed by atoms with van der Waals surface area (Å²) in [6.07, 6.45) is 5.05. The summed E-state index contributed by atoms with van der Waals surface area (Å²) in [5, 5.41) is 8.80. The third-order valence-electron chi connectivity index (χ3n) is 3.22. The third kappa shape index (κ3) is 3.82. The van der Waals surface area contributed by atoms with Gasteiger partial charge in [-0.15, -0.1) is 0 Å². The van der Waals surface area contributed by atoms with Crippen LogP contribution in [0.15, 0.2) is 12.3 Å². The second-order valence-corrected chi connectivity index (χ2v) is 4.67. The number of likely N-dealkylation sites (tertiary alicyclic amines) is 1. The first-order valence-electron chi connectivity index (χ1n) is 6.51. The first kappa shape index (κ1) is 13.6. The zero-order valence-electron chi connectivity index (χ0n) is 10.8. The van der Waals surface area contributed by atoms with Crippen LogP contribution in [0.3, 0.4) is 0 Å². The fraction of sp³-hybridized carbons (Fsp3) is 0.538. The van der Waals surface area contributed by atoms with E-state index < -0.39 is 5.97 Å². The summed E-state index contributed by atoms with van der Waals surface area (Å²) in [4.78, 5) is 17.0. The normalized spacial score (nSPS) is 16.2. The van der Waals surface area contributed by atoms with Gasteiger partial charge >= 0.3 is 5.97 Å². The van der Waals surface area contributed by atoms with Gasteiger partial charge < -0.3 is 15.6 Å². The smallest absolute Gasteiger partial charge is 0.337 e. The first-order chi connectivity index (χ1) is 9.16. The third-order valence-corrected chi connectivity index (χ3v) is 3.22. The lowest BCUT2D eigenvalue weighted by atomic mass is 10.1. The van der Waals surface area contributed by atoms with Gasteiger partial charge in [0, 0.05) is 12.7 Å². The number of ether oxygens (including phenoxy) is 1. The average Bonchev–Trinajstić information content (AvgIpc) is 2.41. The Morgan fingerprint density at radius 1 is 1.42 bits per heavy atom. The van der Waals surface area contributed by atoms with Crippen LogP contribution < -0.4 is 10.5 Å². The zero-order chi connectivity index (χ0) is 13.7. The highest BCUT2D eigenvalue weighted by atomic mass is 16.5. The van der Waals surface area contributed by atoms with E-state index in [1.54, 1.807) is 0 Å². The van der Waals surface area contributed by atoms with E-state index in [-0.39, 0.29) is 11.3 Å². The Balaban J connectivity index is 1.83.